The number of amides is 1. The second-order valence-electron chi connectivity index (χ2n) is 9.82. The fourth-order valence-corrected chi connectivity index (χ4v) is 5.52. The van der Waals surface area contributed by atoms with Crippen molar-refractivity contribution in [2.75, 3.05) is 44.2 Å². The van der Waals surface area contributed by atoms with Crippen LogP contribution in [0.2, 0.25) is 0 Å². The van der Waals surface area contributed by atoms with Crippen molar-refractivity contribution in [2.45, 2.75) is 39.3 Å². The number of para-hydroxylation sites is 3. The van der Waals surface area contributed by atoms with Gasteiger partial charge in [0.05, 0.1) is 29.2 Å². The number of piperazine rings is 1. The Morgan fingerprint density at radius 3 is 2.53 bits per heavy atom. The zero-order chi connectivity index (χ0) is 23.7. The van der Waals surface area contributed by atoms with E-state index in [2.05, 4.69) is 41.5 Å². The van der Waals surface area contributed by atoms with E-state index in [1.54, 1.807) is 6.07 Å². The number of nitrogens with zero attached hydrogens (tertiary/aromatic N) is 5. The zero-order valence-corrected chi connectivity index (χ0v) is 20.2. The number of carbonyl (C=O) groups is 1. The van der Waals surface area contributed by atoms with Crippen molar-refractivity contribution in [2.24, 2.45) is 5.92 Å². The second kappa shape index (κ2) is 9.74. The number of piperidine rings is 1. The van der Waals surface area contributed by atoms with Crippen molar-refractivity contribution in [3.63, 3.8) is 0 Å². The third-order valence-corrected chi connectivity index (χ3v) is 7.19. The van der Waals surface area contributed by atoms with Crippen LogP contribution in [-0.2, 0) is 11.3 Å². The monoisotopic (exact) mass is 463 g/mol. The molecule has 7 heteroatoms. The highest BCUT2D eigenvalue weighted by atomic mass is 19.1. The summed E-state index contributed by atoms with van der Waals surface area (Å²) in [6.07, 6.45) is 1.96. The van der Waals surface area contributed by atoms with E-state index in [1.807, 2.05) is 28.0 Å². The molecule has 2 fully saturated rings. The summed E-state index contributed by atoms with van der Waals surface area (Å²) in [7, 11) is 0. The van der Waals surface area contributed by atoms with Gasteiger partial charge in [0.25, 0.3) is 0 Å². The Morgan fingerprint density at radius 2 is 1.76 bits per heavy atom. The molecule has 34 heavy (non-hydrogen) atoms. The lowest BCUT2D eigenvalue weighted by Crippen LogP contribution is -2.52. The lowest BCUT2D eigenvalue weighted by atomic mass is 9.96. The van der Waals surface area contributed by atoms with Crippen molar-refractivity contribution >= 4 is 22.6 Å². The average Bonchev–Trinajstić information content (AvgIpc) is 3.22. The predicted molar refractivity (Wildman–Crippen MR) is 133 cm³/mol. The van der Waals surface area contributed by atoms with Crippen LogP contribution in [0.3, 0.4) is 0 Å². The number of imidazole rings is 1. The first-order chi connectivity index (χ1) is 16.5. The molecule has 3 aromatic rings. The zero-order valence-electron chi connectivity index (χ0n) is 20.2. The fourth-order valence-electron chi connectivity index (χ4n) is 5.52. The maximum absolute atomic E-state index is 14.2. The van der Waals surface area contributed by atoms with Crippen molar-refractivity contribution in [3.8, 4) is 0 Å². The predicted octanol–water partition coefficient (Wildman–Crippen LogP) is 4.32. The van der Waals surface area contributed by atoms with Gasteiger partial charge in [-0.05, 0) is 57.5 Å². The van der Waals surface area contributed by atoms with Gasteiger partial charge in [-0.2, -0.15) is 0 Å². The molecule has 0 bridgehead atoms. The molecule has 1 atom stereocenters. The van der Waals surface area contributed by atoms with Crippen molar-refractivity contribution in [1.82, 2.24) is 19.4 Å². The van der Waals surface area contributed by atoms with Crippen LogP contribution in [0, 0.1) is 11.7 Å². The lowest BCUT2D eigenvalue weighted by Gasteiger charge is -2.39. The highest BCUT2D eigenvalue weighted by molar-refractivity contribution is 5.79. The minimum absolute atomic E-state index is 0.0191. The van der Waals surface area contributed by atoms with Crippen LogP contribution in [0.25, 0.3) is 11.0 Å². The molecule has 2 aliphatic heterocycles. The van der Waals surface area contributed by atoms with E-state index >= 15 is 0 Å². The molecular formula is C27H34FN5O. The van der Waals surface area contributed by atoms with Crippen molar-refractivity contribution in [3.05, 3.63) is 60.2 Å². The van der Waals surface area contributed by atoms with E-state index in [0.29, 0.717) is 37.9 Å². The van der Waals surface area contributed by atoms with Gasteiger partial charge in [-0.25, -0.2) is 9.37 Å². The molecule has 1 amide bonds. The van der Waals surface area contributed by atoms with Gasteiger partial charge in [-0.3, -0.25) is 9.69 Å². The molecule has 1 aromatic heterocycles. The van der Waals surface area contributed by atoms with Crippen LogP contribution in [0.15, 0.2) is 48.5 Å². The van der Waals surface area contributed by atoms with Crippen molar-refractivity contribution in [1.29, 1.82) is 0 Å². The van der Waals surface area contributed by atoms with Gasteiger partial charge in [0.15, 0.2) is 0 Å². The Bertz CT molecular complexity index is 1150. The molecule has 0 spiro atoms. The number of aromatic nitrogens is 2. The molecule has 0 N–H and O–H groups in total. The highest BCUT2D eigenvalue weighted by Crippen LogP contribution is 2.26. The molecule has 2 saturated heterocycles. The number of hydrogen-bond acceptors (Lipinski definition) is 4. The summed E-state index contributed by atoms with van der Waals surface area (Å²) in [4.78, 5) is 24.7. The number of hydrogen-bond donors (Lipinski definition) is 0. The molecule has 3 heterocycles. The topological polar surface area (TPSA) is 44.6 Å². The molecule has 2 aromatic carbocycles. The number of carbonyl (C=O) groups excluding carboxylic acids is 1. The van der Waals surface area contributed by atoms with Gasteiger partial charge in [0.2, 0.25) is 5.91 Å². The molecule has 0 radical (unpaired) electrons. The molecule has 0 saturated carbocycles. The first kappa shape index (κ1) is 22.8. The number of benzene rings is 2. The van der Waals surface area contributed by atoms with E-state index in [9.17, 15) is 9.18 Å². The SMILES string of the molecule is CC(C)n1c(CN2CCC[C@H](C(=O)N3CCN(c4ccccc4F)CC3)C2)nc2ccccc21. The van der Waals surface area contributed by atoms with Gasteiger partial charge in [0, 0.05) is 38.8 Å². The second-order valence-corrected chi connectivity index (χ2v) is 9.82. The molecule has 6 nitrogen and oxygen atoms in total. The normalized spacial score (nSPS) is 19.8. The summed E-state index contributed by atoms with van der Waals surface area (Å²) in [6.45, 7) is 9.54. The van der Waals surface area contributed by atoms with Crippen LogP contribution >= 0.6 is 0 Å². The van der Waals surface area contributed by atoms with E-state index in [-0.39, 0.29) is 17.6 Å². The van der Waals surface area contributed by atoms with Gasteiger partial charge in [-0.15, -0.1) is 0 Å². The minimum Gasteiger partial charge on any atom is -0.366 e. The minimum atomic E-state index is -0.197. The van der Waals surface area contributed by atoms with Crippen LogP contribution < -0.4 is 4.90 Å². The Hall–Kier alpha value is -2.93. The molecule has 180 valence electrons. The summed E-state index contributed by atoms with van der Waals surface area (Å²) in [5, 5.41) is 0. The first-order valence-electron chi connectivity index (χ1n) is 12.5. The molecule has 2 aliphatic rings. The van der Waals surface area contributed by atoms with Crippen LogP contribution in [0.5, 0.6) is 0 Å². The van der Waals surface area contributed by atoms with Gasteiger partial charge < -0.3 is 14.4 Å². The molecular weight excluding hydrogens is 429 g/mol. The Labute approximate surface area is 201 Å². The third kappa shape index (κ3) is 4.53. The lowest BCUT2D eigenvalue weighted by molar-refractivity contribution is -0.137. The van der Waals surface area contributed by atoms with Crippen LogP contribution in [-0.4, -0.2) is 64.5 Å². The maximum atomic E-state index is 14.2. The van der Waals surface area contributed by atoms with E-state index in [4.69, 9.17) is 4.98 Å². The largest absolute Gasteiger partial charge is 0.366 e. The quantitative estimate of drug-likeness (QED) is 0.565. The summed E-state index contributed by atoms with van der Waals surface area (Å²) in [5.41, 5.74) is 2.83. The fraction of sp³-hybridized carbons (Fsp3) is 0.481. The number of likely N-dealkylation sites (tertiary alicyclic amines) is 1. The van der Waals surface area contributed by atoms with Gasteiger partial charge in [0.1, 0.15) is 11.6 Å². The number of fused-ring (bicyclic) bond motifs is 1. The average molecular weight is 464 g/mol. The van der Waals surface area contributed by atoms with E-state index in [1.165, 1.54) is 11.6 Å². The molecule has 5 rings (SSSR count). The van der Waals surface area contributed by atoms with Gasteiger partial charge >= 0.3 is 0 Å². The Balaban J connectivity index is 1.22. The molecule has 0 unspecified atom stereocenters. The highest BCUT2D eigenvalue weighted by Gasteiger charge is 2.32. The summed E-state index contributed by atoms with van der Waals surface area (Å²) in [5.74, 6) is 1.14. The Morgan fingerprint density at radius 1 is 1.03 bits per heavy atom. The molecule has 0 aliphatic carbocycles. The van der Waals surface area contributed by atoms with Crippen LogP contribution in [0.4, 0.5) is 10.1 Å². The smallest absolute Gasteiger partial charge is 0.227 e. The maximum Gasteiger partial charge on any atom is 0.227 e. The standard InChI is InChI=1S/C27H34FN5O/c1-20(2)33-25-12-6-4-10-23(25)29-26(33)19-30-13-7-8-21(18-30)27(34)32-16-14-31(15-17-32)24-11-5-3-9-22(24)28/h3-6,9-12,20-21H,7-8,13-19H2,1-2H3/t21-/m0/s1. The van der Waals surface area contributed by atoms with Crippen molar-refractivity contribution < 1.29 is 9.18 Å². The summed E-state index contributed by atoms with van der Waals surface area (Å²) < 4.78 is 16.5. The third-order valence-electron chi connectivity index (χ3n) is 7.19. The first-order valence-corrected chi connectivity index (χ1v) is 12.5. The Kier molecular flexibility index (Phi) is 6.55. The summed E-state index contributed by atoms with van der Waals surface area (Å²) in [6, 6.07) is 15.5. The number of halogens is 1. The van der Waals surface area contributed by atoms with E-state index in [0.717, 1.165) is 43.8 Å². The van der Waals surface area contributed by atoms with Gasteiger partial charge in [-0.1, -0.05) is 24.3 Å². The number of anilines is 1. The number of rotatable bonds is 5. The van der Waals surface area contributed by atoms with E-state index < -0.39 is 0 Å². The summed E-state index contributed by atoms with van der Waals surface area (Å²) >= 11 is 0. The van der Waals surface area contributed by atoms with Crippen LogP contribution in [0.1, 0.15) is 38.6 Å².